The summed E-state index contributed by atoms with van der Waals surface area (Å²) in [6.07, 6.45) is -13.2. The molecule has 1 amide bonds. The predicted molar refractivity (Wildman–Crippen MR) is 120 cm³/mol. The minimum atomic E-state index is -5.11. The van der Waals surface area contributed by atoms with Crippen molar-refractivity contribution < 1.29 is 44.3 Å². The molecule has 1 aliphatic carbocycles. The van der Waals surface area contributed by atoms with Crippen LogP contribution in [0.3, 0.4) is 0 Å². The van der Waals surface area contributed by atoms with Gasteiger partial charge in [0.25, 0.3) is 0 Å². The van der Waals surface area contributed by atoms with Crippen molar-refractivity contribution in [1.82, 2.24) is 9.88 Å². The topological polar surface area (TPSA) is 88.5 Å². The zero-order chi connectivity index (χ0) is 29.1. The molecule has 0 spiro atoms. The molecule has 2 heterocycles. The monoisotopic (exact) mass is 569 g/mol. The number of hydrogen-bond donors (Lipinski definition) is 2. The van der Waals surface area contributed by atoms with Gasteiger partial charge in [0.2, 0.25) is 6.41 Å². The van der Waals surface area contributed by atoms with Gasteiger partial charge < -0.3 is 16.4 Å². The molecule has 39 heavy (non-hydrogen) atoms. The van der Waals surface area contributed by atoms with Crippen molar-refractivity contribution in [3.63, 3.8) is 0 Å². The molecular formula is C24H24F9N5O. The van der Waals surface area contributed by atoms with E-state index in [9.17, 15) is 44.3 Å². The standard InChI is InChI=1S/C24H24F9N5O/c1-21(34,35)38(10-12-6-14(22(25,26)27)8-15(7-12)23(28,29)30)18-9-17(13-2-3-13)37(11-39)16-4-5-19(24(31,32)33)36-20(16)18/h4-8,11,13,17-18H,2-3,9-10,34-35H2,1H3. The molecular weight excluding hydrogens is 545 g/mol. The van der Waals surface area contributed by atoms with E-state index in [0.717, 1.165) is 23.8 Å². The fourth-order valence-electron chi connectivity index (χ4n) is 4.96. The molecule has 1 saturated carbocycles. The highest BCUT2D eigenvalue weighted by atomic mass is 19.4. The number of nitrogens with two attached hydrogens (primary N) is 2. The molecule has 1 aliphatic heterocycles. The van der Waals surface area contributed by atoms with E-state index in [0.29, 0.717) is 24.6 Å². The summed E-state index contributed by atoms with van der Waals surface area (Å²) in [5, 5.41) is 0. The lowest BCUT2D eigenvalue weighted by Gasteiger charge is -2.47. The lowest BCUT2D eigenvalue weighted by atomic mass is 9.89. The van der Waals surface area contributed by atoms with Gasteiger partial charge in [-0.3, -0.25) is 9.69 Å². The zero-order valence-electron chi connectivity index (χ0n) is 20.3. The van der Waals surface area contributed by atoms with Gasteiger partial charge in [-0.25, -0.2) is 4.98 Å². The summed E-state index contributed by atoms with van der Waals surface area (Å²) in [5.74, 6) is -1.94. The first-order chi connectivity index (χ1) is 17.8. The molecule has 0 bridgehead atoms. The van der Waals surface area contributed by atoms with Crippen LogP contribution in [0.5, 0.6) is 0 Å². The van der Waals surface area contributed by atoms with E-state index in [1.165, 1.54) is 11.8 Å². The van der Waals surface area contributed by atoms with Crippen molar-refractivity contribution in [2.45, 2.75) is 69.1 Å². The average molecular weight is 569 g/mol. The molecule has 0 radical (unpaired) electrons. The number of carbonyl (C=O) groups is 1. The highest BCUT2D eigenvalue weighted by Crippen LogP contribution is 2.48. The van der Waals surface area contributed by atoms with Gasteiger partial charge >= 0.3 is 18.5 Å². The number of nitrogens with zero attached hydrogens (tertiary/aromatic N) is 3. The minimum absolute atomic E-state index is 0.0119. The summed E-state index contributed by atoms with van der Waals surface area (Å²) < 4.78 is 121. The molecule has 1 fully saturated rings. The predicted octanol–water partition coefficient (Wildman–Crippen LogP) is 5.42. The molecule has 214 valence electrons. The second-order valence-electron chi connectivity index (χ2n) is 10.0. The van der Waals surface area contributed by atoms with Crippen LogP contribution in [0.1, 0.15) is 60.3 Å². The fourth-order valence-corrected chi connectivity index (χ4v) is 4.96. The Hall–Kier alpha value is -2.91. The van der Waals surface area contributed by atoms with E-state index < -0.39 is 65.3 Å². The smallest absolute Gasteiger partial charge is 0.310 e. The van der Waals surface area contributed by atoms with Crippen LogP contribution in [-0.4, -0.2) is 28.1 Å². The first-order valence-corrected chi connectivity index (χ1v) is 11.8. The van der Waals surface area contributed by atoms with Gasteiger partial charge in [0, 0.05) is 12.6 Å². The van der Waals surface area contributed by atoms with Crippen molar-refractivity contribution in [2.24, 2.45) is 17.4 Å². The molecule has 2 aromatic rings. The van der Waals surface area contributed by atoms with Crippen molar-refractivity contribution in [3.05, 3.63) is 58.4 Å². The number of amides is 1. The molecule has 6 nitrogen and oxygen atoms in total. The zero-order valence-corrected chi connectivity index (χ0v) is 20.3. The molecule has 0 saturated heterocycles. The Morgan fingerprint density at radius 3 is 1.95 bits per heavy atom. The number of carbonyl (C=O) groups excluding carboxylic acids is 1. The van der Waals surface area contributed by atoms with Crippen LogP contribution in [0, 0.1) is 5.92 Å². The van der Waals surface area contributed by atoms with Gasteiger partial charge in [0.15, 0.2) is 0 Å². The van der Waals surface area contributed by atoms with E-state index in [1.54, 1.807) is 0 Å². The van der Waals surface area contributed by atoms with Crippen molar-refractivity contribution in [1.29, 1.82) is 0 Å². The normalized spacial score (nSPS) is 20.8. The fraction of sp³-hybridized carbons (Fsp3) is 0.500. The molecule has 2 aliphatic rings. The average Bonchev–Trinajstić information content (AvgIpc) is 3.64. The van der Waals surface area contributed by atoms with Gasteiger partial charge in [-0.15, -0.1) is 0 Å². The van der Waals surface area contributed by atoms with Crippen LogP contribution in [0.2, 0.25) is 0 Å². The van der Waals surface area contributed by atoms with Crippen molar-refractivity contribution >= 4 is 12.1 Å². The maximum Gasteiger partial charge on any atom is 0.433 e. The number of anilines is 1. The third-order valence-corrected chi connectivity index (χ3v) is 6.88. The number of halogens is 9. The number of pyridine rings is 1. The lowest BCUT2D eigenvalue weighted by molar-refractivity contribution is -0.143. The van der Waals surface area contributed by atoms with E-state index in [-0.39, 0.29) is 29.8 Å². The van der Waals surface area contributed by atoms with Gasteiger partial charge in [-0.1, -0.05) is 0 Å². The van der Waals surface area contributed by atoms with Gasteiger partial charge in [0.1, 0.15) is 11.5 Å². The van der Waals surface area contributed by atoms with Gasteiger partial charge in [-0.2, -0.15) is 39.5 Å². The Labute approximate surface area is 216 Å². The van der Waals surface area contributed by atoms with Gasteiger partial charge in [-0.05, 0) is 68.0 Å². The summed E-state index contributed by atoms with van der Waals surface area (Å²) in [4.78, 5) is 18.1. The van der Waals surface area contributed by atoms with Crippen molar-refractivity contribution in [3.8, 4) is 0 Å². The first kappa shape index (κ1) is 29.1. The Kier molecular flexibility index (Phi) is 7.18. The highest BCUT2D eigenvalue weighted by Gasteiger charge is 2.47. The Balaban J connectivity index is 1.86. The van der Waals surface area contributed by atoms with E-state index >= 15 is 0 Å². The maximum absolute atomic E-state index is 13.6. The molecule has 4 N–H and O–H groups in total. The number of benzene rings is 1. The summed E-state index contributed by atoms with van der Waals surface area (Å²) in [6, 6.07) is 1.05. The van der Waals surface area contributed by atoms with E-state index in [2.05, 4.69) is 4.98 Å². The number of alkyl halides is 9. The summed E-state index contributed by atoms with van der Waals surface area (Å²) >= 11 is 0. The van der Waals surface area contributed by atoms with Crippen LogP contribution in [0.25, 0.3) is 0 Å². The Bertz CT molecular complexity index is 1200. The van der Waals surface area contributed by atoms with Crippen LogP contribution in [0.4, 0.5) is 45.2 Å². The van der Waals surface area contributed by atoms with E-state index in [4.69, 9.17) is 11.5 Å². The minimum Gasteiger partial charge on any atom is -0.310 e. The Morgan fingerprint density at radius 2 is 1.51 bits per heavy atom. The Morgan fingerprint density at radius 1 is 0.949 bits per heavy atom. The molecule has 1 aromatic carbocycles. The summed E-state index contributed by atoms with van der Waals surface area (Å²) in [6.45, 7) is 0.536. The van der Waals surface area contributed by atoms with Crippen molar-refractivity contribution in [2.75, 3.05) is 4.90 Å². The number of aromatic nitrogens is 1. The largest absolute Gasteiger partial charge is 0.433 e. The summed E-state index contributed by atoms with van der Waals surface area (Å²) in [5.41, 5.74) is 7.11. The van der Waals surface area contributed by atoms with Crippen LogP contribution >= 0.6 is 0 Å². The quantitative estimate of drug-likeness (QED) is 0.276. The highest BCUT2D eigenvalue weighted by molar-refractivity contribution is 5.79. The van der Waals surface area contributed by atoms with Gasteiger partial charge in [0.05, 0.1) is 28.6 Å². The molecule has 15 heteroatoms. The third-order valence-electron chi connectivity index (χ3n) is 6.88. The maximum atomic E-state index is 13.6. The molecule has 1 aromatic heterocycles. The third kappa shape index (κ3) is 6.14. The van der Waals surface area contributed by atoms with Crippen LogP contribution in [-0.2, 0) is 29.9 Å². The summed E-state index contributed by atoms with van der Waals surface area (Å²) in [7, 11) is 0. The molecule has 4 rings (SSSR count). The number of fused-ring (bicyclic) bond motifs is 1. The number of hydrogen-bond acceptors (Lipinski definition) is 5. The number of rotatable bonds is 6. The second kappa shape index (κ2) is 9.63. The second-order valence-corrected chi connectivity index (χ2v) is 10.0. The van der Waals surface area contributed by atoms with E-state index in [1.807, 2.05) is 0 Å². The van der Waals surface area contributed by atoms with Crippen LogP contribution in [0.15, 0.2) is 30.3 Å². The lowest BCUT2D eigenvalue weighted by Crippen LogP contribution is -2.62. The molecule has 2 unspecified atom stereocenters. The molecule has 2 atom stereocenters. The SMILES string of the molecule is CC(N)(N)N(Cc1cc(C(F)(F)F)cc(C(F)(F)F)c1)C1CC(C2CC2)N(C=O)c2ccc(C(F)(F)F)nc21. The first-order valence-electron chi connectivity index (χ1n) is 11.8. The van der Waals surface area contributed by atoms with Crippen LogP contribution < -0.4 is 16.4 Å².